The van der Waals surface area contributed by atoms with E-state index in [1.807, 2.05) is 24.3 Å². The minimum absolute atomic E-state index is 0.808. The summed E-state index contributed by atoms with van der Waals surface area (Å²) in [7, 11) is 3.38. The van der Waals surface area contributed by atoms with Crippen LogP contribution in [0.15, 0.2) is 65.1 Å². The Hall–Kier alpha value is -1.73. The molecule has 0 aliphatic rings. The van der Waals surface area contributed by atoms with Crippen molar-refractivity contribution >= 4 is 44.2 Å². The van der Waals surface area contributed by atoms with Crippen molar-refractivity contribution in [2.75, 3.05) is 19.1 Å². The first-order valence-electron chi connectivity index (χ1n) is 8.96. The molecule has 0 aliphatic heterocycles. The number of aryl methyl sites for hydroxylation is 1. The molecule has 0 spiro atoms. The van der Waals surface area contributed by atoms with E-state index < -0.39 is 0 Å². The maximum absolute atomic E-state index is 5.29. The molecule has 0 heterocycles. The van der Waals surface area contributed by atoms with Crippen molar-refractivity contribution in [3.8, 4) is 11.5 Å². The molecule has 0 amide bonds. The van der Waals surface area contributed by atoms with E-state index in [-0.39, 0.29) is 0 Å². The molecule has 0 fully saturated rings. The number of hydrogen-bond acceptors (Lipinski definition) is 3. The molecule has 3 nitrogen and oxygen atoms in total. The zero-order chi connectivity index (χ0) is 20.1. The number of anilines is 1. The summed E-state index contributed by atoms with van der Waals surface area (Å²) >= 11 is 6.09. The highest BCUT2D eigenvalue weighted by Crippen LogP contribution is 2.31. The number of rotatable bonds is 7. The Morgan fingerprint density at radius 3 is 1.68 bits per heavy atom. The molecular formula is C23H23BrINO2. The summed E-state index contributed by atoms with van der Waals surface area (Å²) in [4.78, 5) is 2.39. The second kappa shape index (κ2) is 9.65. The average Bonchev–Trinajstić information content (AvgIpc) is 2.72. The Kier molecular flexibility index (Phi) is 7.24. The van der Waals surface area contributed by atoms with Gasteiger partial charge in [0.25, 0.3) is 0 Å². The van der Waals surface area contributed by atoms with E-state index in [9.17, 15) is 0 Å². The summed E-state index contributed by atoms with van der Waals surface area (Å²) in [6.45, 7) is 3.76. The molecule has 5 heteroatoms. The number of benzene rings is 3. The Bertz CT molecular complexity index is 854. The first-order chi connectivity index (χ1) is 13.5. The van der Waals surface area contributed by atoms with Crippen molar-refractivity contribution in [2.24, 2.45) is 0 Å². The van der Waals surface area contributed by atoms with Crippen molar-refractivity contribution in [1.82, 2.24) is 0 Å². The van der Waals surface area contributed by atoms with Crippen LogP contribution < -0.4 is 14.4 Å². The van der Waals surface area contributed by atoms with E-state index in [1.54, 1.807) is 14.2 Å². The largest absolute Gasteiger partial charge is 0.497 e. The Morgan fingerprint density at radius 2 is 1.29 bits per heavy atom. The summed E-state index contributed by atoms with van der Waals surface area (Å²) in [5.41, 5.74) is 4.93. The second-order valence-electron chi connectivity index (χ2n) is 6.61. The van der Waals surface area contributed by atoms with Crippen LogP contribution in [0.1, 0.15) is 16.7 Å². The molecule has 0 N–H and O–H groups in total. The van der Waals surface area contributed by atoms with Gasteiger partial charge in [0.2, 0.25) is 0 Å². The van der Waals surface area contributed by atoms with Crippen LogP contribution in [0.3, 0.4) is 0 Å². The second-order valence-corrected chi connectivity index (χ2v) is 8.54. The highest BCUT2D eigenvalue weighted by Gasteiger charge is 2.13. The minimum atomic E-state index is 0.808. The van der Waals surface area contributed by atoms with Crippen molar-refractivity contribution in [3.05, 3.63) is 85.4 Å². The molecule has 3 aromatic rings. The molecule has 146 valence electrons. The van der Waals surface area contributed by atoms with Crippen LogP contribution in [0, 0.1) is 10.5 Å². The van der Waals surface area contributed by atoms with Gasteiger partial charge in [-0.25, -0.2) is 0 Å². The normalized spacial score (nSPS) is 10.6. The number of halogens is 2. The van der Waals surface area contributed by atoms with Crippen LogP contribution in [0.4, 0.5) is 5.69 Å². The van der Waals surface area contributed by atoms with Gasteiger partial charge in [0.05, 0.1) is 14.2 Å². The molecule has 0 aliphatic carbocycles. The molecule has 0 aromatic heterocycles. The average molecular weight is 552 g/mol. The molecule has 3 aromatic carbocycles. The van der Waals surface area contributed by atoms with Crippen molar-refractivity contribution < 1.29 is 9.47 Å². The third-order valence-electron chi connectivity index (χ3n) is 4.63. The summed E-state index contributed by atoms with van der Waals surface area (Å²) in [6.07, 6.45) is 0. The van der Waals surface area contributed by atoms with Gasteiger partial charge < -0.3 is 14.4 Å². The lowest BCUT2D eigenvalue weighted by molar-refractivity contribution is 0.414. The quantitative estimate of drug-likeness (QED) is 0.309. The molecule has 3 rings (SSSR count). The predicted molar refractivity (Wildman–Crippen MR) is 127 cm³/mol. The first-order valence-corrected chi connectivity index (χ1v) is 10.8. The molecule has 0 saturated heterocycles. The van der Waals surface area contributed by atoms with Gasteiger partial charge in [-0.1, -0.05) is 24.3 Å². The smallest absolute Gasteiger partial charge is 0.118 e. The van der Waals surface area contributed by atoms with E-state index in [2.05, 4.69) is 86.7 Å². The fraction of sp³-hybridized carbons (Fsp3) is 0.217. The third kappa shape index (κ3) is 5.20. The lowest BCUT2D eigenvalue weighted by atomic mass is 10.1. The van der Waals surface area contributed by atoms with Gasteiger partial charge in [0.1, 0.15) is 11.5 Å². The summed E-state index contributed by atoms with van der Waals surface area (Å²) in [5, 5.41) is 0. The van der Waals surface area contributed by atoms with Crippen LogP contribution in [-0.4, -0.2) is 14.2 Å². The van der Waals surface area contributed by atoms with Crippen LogP contribution in [0.25, 0.3) is 0 Å². The van der Waals surface area contributed by atoms with Gasteiger partial charge in [-0.2, -0.15) is 0 Å². The van der Waals surface area contributed by atoms with E-state index in [4.69, 9.17) is 9.47 Å². The molecule has 0 unspecified atom stereocenters. The number of ether oxygens (including phenoxy) is 2. The topological polar surface area (TPSA) is 21.7 Å². The van der Waals surface area contributed by atoms with Gasteiger partial charge in [-0.3, -0.25) is 0 Å². The molecule has 0 bridgehead atoms. The van der Waals surface area contributed by atoms with E-state index in [0.29, 0.717) is 0 Å². The van der Waals surface area contributed by atoms with Gasteiger partial charge in [0.15, 0.2) is 0 Å². The Labute approximate surface area is 188 Å². The van der Waals surface area contributed by atoms with Crippen LogP contribution in [-0.2, 0) is 13.1 Å². The van der Waals surface area contributed by atoms with Crippen LogP contribution >= 0.6 is 38.5 Å². The van der Waals surface area contributed by atoms with Gasteiger partial charge in [0, 0.05) is 26.8 Å². The molecular weight excluding hydrogens is 529 g/mol. The first kappa shape index (κ1) is 21.0. The SMILES string of the molecule is COc1ccc(CN(Cc2ccc(OC)cc2)c2cc(C)c(I)c(Br)c2)cc1. The molecule has 28 heavy (non-hydrogen) atoms. The van der Waals surface area contributed by atoms with Gasteiger partial charge in [-0.15, -0.1) is 0 Å². The van der Waals surface area contributed by atoms with Crippen LogP contribution in [0.2, 0.25) is 0 Å². The lowest BCUT2D eigenvalue weighted by Gasteiger charge is -2.26. The highest BCUT2D eigenvalue weighted by atomic mass is 127. The highest BCUT2D eigenvalue weighted by molar-refractivity contribution is 14.1. The van der Waals surface area contributed by atoms with Gasteiger partial charge >= 0.3 is 0 Å². The predicted octanol–water partition coefficient (Wildman–Crippen LogP) is 6.59. The fourth-order valence-electron chi connectivity index (χ4n) is 3.03. The zero-order valence-electron chi connectivity index (χ0n) is 16.2. The van der Waals surface area contributed by atoms with Gasteiger partial charge in [-0.05, 0) is 98.5 Å². The monoisotopic (exact) mass is 551 g/mol. The van der Waals surface area contributed by atoms with Crippen LogP contribution in [0.5, 0.6) is 11.5 Å². The molecule has 0 radical (unpaired) electrons. The van der Waals surface area contributed by atoms with Crippen molar-refractivity contribution in [2.45, 2.75) is 20.0 Å². The zero-order valence-corrected chi connectivity index (χ0v) is 20.0. The number of nitrogens with zero attached hydrogens (tertiary/aromatic N) is 1. The number of methoxy groups -OCH3 is 2. The molecule has 0 atom stereocenters. The van der Waals surface area contributed by atoms with Crippen molar-refractivity contribution in [1.29, 1.82) is 0 Å². The summed E-state index contributed by atoms with van der Waals surface area (Å²) in [6, 6.07) is 21.0. The van der Waals surface area contributed by atoms with E-state index >= 15 is 0 Å². The fourth-order valence-corrected chi connectivity index (χ4v) is 3.89. The van der Waals surface area contributed by atoms with E-state index in [0.717, 1.165) is 29.1 Å². The maximum atomic E-state index is 5.29. The third-order valence-corrected chi connectivity index (χ3v) is 7.42. The lowest BCUT2D eigenvalue weighted by Crippen LogP contribution is -2.22. The van der Waals surface area contributed by atoms with Crippen molar-refractivity contribution in [3.63, 3.8) is 0 Å². The standard InChI is InChI=1S/C23H23BrINO2/c1-16-12-19(13-22(24)23(16)25)26(14-17-4-8-20(27-2)9-5-17)15-18-6-10-21(28-3)11-7-18/h4-13H,14-15H2,1-3H3. The summed E-state index contributed by atoms with van der Waals surface area (Å²) < 4.78 is 12.9. The minimum Gasteiger partial charge on any atom is -0.497 e. The van der Waals surface area contributed by atoms with E-state index in [1.165, 1.54) is 25.9 Å². The Balaban J connectivity index is 1.92. The Morgan fingerprint density at radius 1 is 0.821 bits per heavy atom. The summed E-state index contributed by atoms with van der Waals surface area (Å²) in [5.74, 6) is 1.75. The maximum Gasteiger partial charge on any atom is 0.118 e. The number of hydrogen-bond donors (Lipinski definition) is 0. The molecule has 0 saturated carbocycles.